The number of aromatic carboxylic acids is 1. The zero-order chi connectivity index (χ0) is 14.9. The highest BCUT2D eigenvalue weighted by atomic mass is 32.2. The van der Waals surface area contributed by atoms with Gasteiger partial charge in [-0.05, 0) is 12.1 Å². The lowest BCUT2D eigenvalue weighted by Crippen LogP contribution is -2.40. The van der Waals surface area contributed by atoms with Gasteiger partial charge in [-0.2, -0.15) is 11.8 Å². The van der Waals surface area contributed by atoms with E-state index in [1.54, 1.807) is 0 Å². The Morgan fingerprint density at radius 1 is 1.40 bits per heavy atom. The maximum atomic E-state index is 11.2. The molecule has 2 unspecified atom stereocenters. The minimum absolute atomic E-state index is 0.0621. The van der Waals surface area contributed by atoms with Crippen LogP contribution in [0.1, 0.15) is 24.2 Å². The van der Waals surface area contributed by atoms with Gasteiger partial charge in [-0.1, -0.05) is 13.8 Å². The zero-order valence-electron chi connectivity index (χ0n) is 11.3. The SMILES string of the molecule is CC1CN(c2ccc(C(=O)O)cc2[N+](=O)[O-])CC(C)S1. The molecule has 0 bridgehead atoms. The first kappa shape index (κ1) is 14.6. The second-order valence-electron chi connectivity index (χ2n) is 4.93. The van der Waals surface area contributed by atoms with Crippen LogP contribution in [0.4, 0.5) is 11.4 Å². The van der Waals surface area contributed by atoms with Crippen LogP contribution in [-0.2, 0) is 0 Å². The van der Waals surface area contributed by atoms with Crippen molar-refractivity contribution in [1.82, 2.24) is 0 Å². The summed E-state index contributed by atoms with van der Waals surface area (Å²) in [5.74, 6) is -1.16. The van der Waals surface area contributed by atoms with Gasteiger partial charge in [-0.15, -0.1) is 0 Å². The average Bonchev–Trinajstić information content (AvgIpc) is 2.36. The van der Waals surface area contributed by atoms with E-state index >= 15 is 0 Å². The molecule has 1 fully saturated rings. The Bertz CT molecular complexity index is 539. The van der Waals surface area contributed by atoms with Crippen LogP contribution in [0.5, 0.6) is 0 Å². The zero-order valence-corrected chi connectivity index (χ0v) is 12.1. The Morgan fingerprint density at radius 2 is 2.00 bits per heavy atom. The number of nitro benzene ring substituents is 1. The summed E-state index contributed by atoms with van der Waals surface area (Å²) in [6.45, 7) is 5.63. The molecule has 0 radical (unpaired) electrons. The fraction of sp³-hybridized carbons (Fsp3) is 0.462. The molecular weight excluding hydrogens is 280 g/mol. The van der Waals surface area contributed by atoms with E-state index in [1.807, 2.05) is 16.7 Å². The molecule has 6 nitrogen and oxygen atoms in total. The fourth-order valence-electron chi connectivity index (χ4n) is 2.44. The molecule has 7 heteroatoms. The molecule has 0 aromatic heterocycles. The average molecular weight is 296 g/mol. The van der Waals surface area contributed by atoms with Crippen molar-refractivity contribution in [3.05, 3.63) is 33.9 Å². The van der Waals surface area contributed by atoms with Crippen molar-refractivity contribution in [1.29, 1.82) is 0 Å². The molecular formula is C13H16N2O4S. The maximum Gasteiger partial charge on any atom is 0.335 e. The number of rotatable bonds is 3. The van der Waals surface area contributed by atoms with Crippen molar-refractivity contribution in [2.45, 2.75) is 24.3 Å². The van der Waals surface area contributed by atoms with Crippen molar-refractivity contribution in [2.75, 3.05) is 18.0 Å². The first-order chi connectivity index (χ1) is 9.38. The fourth-order valence-corrected chi connectivity index (χ4v) is 3.77. The number of thioether (sulfide) groups is 1. The van der Waals surface area contributed by atoms with Crippen LogP contribution < -0.4 is 4.90 Å². The van der Waals surface area contributed by atoms with Crippen LogP contribution in [0.2, 0.25) is 0 Å². The summed E-state index contributed by atoms with van der Waals surface area (Å²) in [7, 11) is 0. The van der Waals surface area contributed by atoms with Gasteiger partial charge in [0.05, 0.1) is 10.5 Å². The number of nitro groups is 1. The van der Waals surface area contributed by atoms with E-state index in [-0.39, 0.29) is 11.3 Å². The van der Waals surface area contributed by atoms with Crippen molar-refractivity contribution in [2.24, 2.45) is 0 Å². The molecule has 1 aliphatic rings. The monoisotopic (exact) mass is 296 g/mol. The van der Waals surface area contributed by atoms with Gasteiger partial charge in [0.1, 0.15) is 5.69 Å². The summed E-state index contributed by atoms with van der Waals surface area (Å²) in [6.07, 6.45) is 0. The number of carbonyl (C=O) groups is 1. The Labute approximate surface area is 120 Å². The van der Waals surface area contributed by atoms with Gasteiger partial charge in [0, 0.05) is 29.7 Å². The van der Waals surface area contributed by atoms with E-state index in [1.165, 1.54) is 12.1 Å². The molecule has 1 aromatic rings. The smallest absolute Gasteiger partial charge is 0.335 e. The van der Waals surface area contributed by atoms with E-state index < -0.39 is 10.9 Å². The minimum Gasteiger partial charge on any atom is -0.478 e. The lowest BCUT2D eigenvalue weighted by Gasteiger charge is -2.35. The molecule has 2 rings (SSSR count). The Morgan fingerprint density at radius 3 is 2.50 bits per heavy atom. The normalized spacial score (nSPS) is 22.6. The third-order valence-corrected chi connectivity index (χ3v) is 4.41. The van der Waals surface area contributed by atoms with Gasteiger partial charge in [0.15, 0.2) is 0 Å². The van der Waals surface area contributed by atoms with Crippen LogP contribution in [0.25, 0.3) is 0 Å². The van der Waals surface area contributed by atoms with E-state index in [9.17, 15) is 14.9 Å². The summed E-state index contributed by atoms with van der Waals surface area (Å²) in [5, 5.41) is 20.9. The largest absolute Gasteiger partial charge is 0.478 e. The second-order valence-corrected chi connectivity index (χ2v) is 6.81. The summed E-state index contributed by atoms with van der Waals surface area (Å²) in [4.78, 5) is 23.6. The standard InChI is InChI=1S/C13H16N2O4S/c1-8-6-14(7-9(2)20-8)11-4-3-10(13(16)17)5-12(11)15(18)19/h3-5,8-9H,6-7H2,1-2H3,(H,16,17). The molecule has 108 valence electrons. The third kappa shape index (κ3) is 3.04. The van der Waals surface area contributed by atoms with Gasteiger partial charge < -0.3 is 10.0 Å². The Kier molecular flexibility index (Phi) is 4.17. The molecule has 2 atom stereocenters. The van der Waals surface area contributed by atoms with Crippen molar-refractivity contribution >= 4 is 29.1 Å². The molecule has 1 N–H and O–H groups in total. The van der Waals surface area contributed by atoms with E-state index in [0.717, 1.165) is 19.2 Å². The van der Waals surface area contributed by atoms with Crippen LogP contribution in [0.3, 0.4) is 0 Å². The molecule has 0 spiro atoms. The molecule has 1 aromatic carbocycles. The highest BCUT2D eigenvalue weighted by molar-refractivity contribution is 8.00. The second kappa shape index (κ2) is 5.70. The number of hydrogen-bond acceptors (Lipinski definition) is 5. The van der Waals surface area contributed by atoms with Gasteiger partial charge >= 0.3 is 5.97 Å². The topological polar surface area (TPSA) is 83.7 Å². The van der Waals surface area contributed by atoms with Crippen LogP contribution in [0.15, 0.2) is 18.2 Å². The number of carboxylic acid groups (broad SMARTS) is 1. The Hall–Kier alpha value is -1.76. The van der Waals surface area contributed by atoms with Gasteiger partial charge in [0.2, 0.25) is 0 Å². The molecule has 0 aliphatic carbocycles. The van der Waals surface area contributed by atoms with Crippen LogP contribution >= 0.6 is 11.8 Å². The number of anilines is 1. The highest BCUT2D eigenvalue weighted by Gasteiger charge is 2.28. The molecule has 0 amide bonds. The maximum absolute atomic E-state index is 11.2. The number of nitrogens with zero attached hydrogens (tertiary/aromatic N) is 2. The summed E-state index contributed by atoms with van der Waals surface area (Å²) >= 11 is 1.86. The van der Waals surface area contributed by atoms with Crippen LogP contribution in [-0.4, -0.2) is 39.6 Å². The predicted molar refractivity (Wildman–Crippen MR) is 78.8 cm³/mol. The third-order valence-electron chi connectivity index (χ3n) is 3.18. The summed E-state index contributed by atoms with van der Waals surface area (Å²) in [6, 6.07) is 4.09. The van der Waals surface area contributed by atoms with Crippen LogP contribution in [0, 0.1) is 10.1 Å². The van der Waals surface area contributed by atoms with E-state index in [2.05, 4.69) is 13.8 Å². The predicted octanol–water partition coefficient (Wildman–Crippen LogP) is 2.62. The van der Waals surface area contributed by atoms with Gasteiger partial charge in [0.25, 0.3) is 5.69 Å². The molecule has 1 heterocycles. The number of benzene rings is 1. The molecule has 0 saturated carbocycles. The Balaban J connectivity index is 2.40. The number of hydrogen-bond donors (Lipinski definition) is 1. The van der Waals surface area contributed by atoms with Gasteiger partial charge in [-0.25, -0.2) is 4.79 Å². The van der Waals surface area contributed by atoms with E-state index in [0.29, 0.717) is 16.2 Å². The first-order valence-electron chi connectivity index (χ1n) is 6.30. The molecule has 1 aliphatic heterocycles. The van der Waals surface area contributed by atoms with Crippen molar-refractivity contribution in [3.8, 4) is 0 Å². The van der Waals surface area contributed by atoms with Crippen molar-refractivity contribution < 1.29 is 14.8 Å². The molecule has 1 saturated heterocycles. The lowest BCUT2D eigenvalue weighted by atomic mass is 10.1. The summed E-state index contributed by atoms with van der Waals surface area (Å²) in [5.41, 5.74) is 0.295. The quantitative estimate of drug-likeness (QED) is 0.682. The number of carboxylic acids is 1. The summed E-state index contributed by atoms with van der Waals surface area (Å²) < 4.78 is 0. The first-order valence-corrected chi connectivity index (χ1v) is 7.25. The van der Waals surface area contributed by atoms with E-state index in [4.69, 9.17) is 5.11 Å². The highest BCUT2D eigenvalue weighted by Crippen LogP contribution is 2.34. The molecule has 20 heavy (non-hydrogen) atoms. The minimum atomic E-state index is -1.16. The van der Waals surface area contributed by atoms with Crippen molar-refractivity contribution in [3.63, 3.8) is 0 Å². The lowest BCUT2D eigenvalue weighted by molar-refractivity contribution is -0.384. The van der Waals surface area contributed by atoms with Gasteiger partial charge in [-0.3, -0.25) is 10.1 Å².